The van der Waals surface area contributed by atoms with E-state index in [1.54, 1.807) is 0 Å². The Morgan fingerprint density at radius 3 is 1.46 bits per heavy atom. The van der Waals surface area contributed by atoms with Crippen molar-refractivity contribution in [1.29, 1.82) is 0 Å². The summed E-state index contributed by atoms with van der Waals surface area (Å²) >= 11 is 0. The topological polar surface area (TPSA) is 54.0 Å². The lowest BCUT2D eigenvalue weighted by Gasteiger charge is -2.07. The Labute approximate surface area is 143 Å². The summed E-state index contributed by atoms with van der Waals surface area (Å²) in [5, 5.41) is 0. The van der Waals surface area contributed by atoms with Crippen molar-refractivity contribution >= 4 is 8.25 Å². The third kappa shape index (κ3) is 8.39. The van der Waals surface area contributed by atoms with Crippen LogP contribution in [0.1, 0.15) is 11.1 Å². The summed E-state index contributed by atoms with van der Waals surface area (Å²) in [7, 11) is -2.49. The maximum atomic E-state index is 11.5. The summed E-state index contributed by atoms with van der Waals surface area (Å²) in [5.41, 5.74) is 2.19. The fraction of sp³-hybridized carbons (Fsp3) is 0.333. The average Bonchev–Trinajstić information content (AvgIpc) is 2.63. The molecule has 0 amide bonds. The quantitative estimate of drug-likeness (QED) is 0.430. The van der Waals surface area contributed by atoms with Crippen LogP contribution in [-0.4, -0.2) is 26.4 Å². The van der Waals surface area contributed by atoms with Crippen molar-refractivity contribution in [3.63, 3.8) is 0 Å². The molecular weight excluding hydrogens is 327 g/mol. The molecule has 0 aromatic heterocycles. The van der Waals surface area contributed by atoms with E-state index in [0.717, 1.165) is 11.1 Å². The van der Waals surface area contributed by atoms with Crippen LogP contribution in [0.4, 0.5) is 0 Å². The zero-order valence-corrected chi connectivity index (χ0v) is 14.6. The standard InChI is InChI=1S/C18H23O5P/c19-24(22-13-11-20-15-17-7-3-1-4-8-17)23-14-12-21-16-18-9-5-2-6-10-18/h1-10,24H,11-16H2. The second kappa shape index (κ2) is 12.0. The van der Waals surface area contributed by atoms with Crippen molar-refractivity contribution in [2.24, 2.45) is 0 Å². The maximum Gasteiger partial charge on any atom is 0.319 e. The molecule has 2 rings (SSSR count). The molecule has 0 aliphatic rings. The lowest BCUT2D eigenvalue weighted by atomic mass is 10.2. The van der Waals surface area contributed by atoms with Crippen LogP contribution in [0.3, 0.4) is 0 Å². The summed E-state index contributed by atoms with van der Waals surface area (Å²) in [4.78, 5) is 0. The molecule has 2 aromatic rings. The Bertz CT molecular complexity index is 525. The fourth-order valence-electron chi connectivity index (χ4n) is 1.94. The highest BCUT2D eigenvalue weighted by atomic mass is 31.1. The Kier molecular flexibility index (Phi) is 9.39. The monoisotopic (exact) mass is 350 g/mol. The van der Waals surface area contributed by atoms with Gasteiger partial charge in [-0.1, -0.05) is 60.7 Å². The first-order valence-corrected chi connectivity index (χ1v) is 9.10. The lowest BCUT2D eigenvalue weighted by molar-refractivity contribution is 0.0701. The molecule has 0 radical (unpaired) electrons. The van der Waals surface area contributed by atoms with Gasteiger partial charge in [-0.25, -0.2) is 0 Å². The summed E-state index contributed by atoms with van der Waals surface area (Å²) in [5.74, 6) is 0. The molecular formula is C18H23O5P. The van der Waals surface area contributed by atoms with Crippen molar-refractivity contribution in [3.8, 4) is 0 Å². The zero-order valence-electron chi connectivity index (χ0n) is 13.6. The van der Waals surface area contributed by atoms with Crippen molar-refractivity contribution in [3.05, 3.63) is 71.8 Å². The van der Waals surface area contributed by atoms with Crippen LogP contribution < -0.4 is 0 Å². The van der Waals surface area contributed by atoms with E-state index in [-0.39, 0.29) is 13.2 Å². The summed E-state index contributed by atoms with van der Waals surface area (Å²) in [6.45, 7) is 2.27. The van der Waals surface area contributed by atoms with Crippen LogP contribution in [0.15, 0.2) is 60.7 Å². The van der Waals surface area contributed by atoms with Gasteiger partial charge in [0.2, 0.25) is 0 Å². The zero-order chi connectivity index (χ0) is 16.9. The molecule has 0 saturated heterocycles. The molecule has 24 heavy (non-hydrogen) atoms. The average molecular weight is 350 g/mol. The molecule has 0 saturated carbocycles. The minimum atomic E-state index is -2.49. The second-order valence-corrected chi connectivity index (χ2v) is 6.10. The fourth-order valence-corrected chi connectivity index (χ4v) is 2.52. The maximum absolute atomic E-state index is 11.5. The molecule has 0 bridgehead atoms. The van der Waals surface area contributed by atoms with Crippen LogP contribution in [-0.2, 0) is 36.3 Å². The highest BCUT2D eigenvalue weighted by Gasteiger charge is 2.00. The highest BCUT2D eigenvalue weighted by Crippen LogP contribution is 2.22. The highest BCUT2D eigenvalue weighted by molar-refractivity contribution is 7.33. The molecule has 0 unspecified atom stereocenters. The minimum Gasteiger partial charge on any atom is -0.374 e. The lowest BCUT2D eigenvalue weighted by Crippen LogP contribution is -2.04. The van der Waals surface area contributed by atoms with Crippen molar-refractivity contribution in [2.75, 3.05) is 26.4 Å². The van der Waals surface area contributed by atoms with Gasteiger partial charge in [0, 0.05) is 0 Å². The SMILES string of the molecule is O=[PH](OCCOCc1ccccc1)OCCOCc1ccccc1. The molecule has 2 aromatic carbocycles. The third-order valence-corrected chi connectivity index (χ3v) is 4.00. The van der Waals surface area contributed by atoms with Gasteiger partial charge in [0.25, 0.3) is 0 Å². The van der Waals surface area contributed by atoms with Gasteiger partial charge >= 0.3 is 8.25 Å². The van der Waals surface area contributed by atoms with E-state index in [1.165, 1.54) is 0 Å². The Hall–Kier alpha value is -1.49. The number of rotatable bonds is 12. The number of ether oxygens (including phenoxy) is 2. The van der Waals surface area contributed by atoms with Gasteiger partial charge in [-0.2, -0.15) is 0 Å². The Morgan fingerprint density at radius 2 is 1.04 bits per heavy atom. The van der Waals surface area contributed by atoms with E-state index in [1.807, 2.05) is 60.7 Å². The van der Waals surface area contributed by atoms with Gasteiger partial charge in [-0.05, 0) is 11.1 Å². The van der Waals surface area contributed by atoms with Gasteiger partial charge < -0.3 is 18.5 Å². The van der Waals surface area contributed by atoms with Crippen LogP contribution in [0.2, 0.25) is 0 Å². The molecule has 0 aliphatic carbocycles. The number of hydrogen-bond donors (Lipinski definition) is 0. The van der Waals surface area contributed by atoms with E-state index in [0.29, 0.717) is 26.4 Å². The first-order chi connectivity index (χ1) is 11.8. The molecule has 0 aliphatic heterocycles. The van der Waals surface area contributed by atoms with Crippen molar-refractivity contribution in [2.45, 2.75) is 13.2 Å². The summed E-state index contributed by atoms with van der Waals surface area (Å²) < 4.78 is 32.6. The van der Waals surface area contributed by atoms with Crippen LogP contribution in [0.25, 0.3) is 0 Å². The van der Waals surface area contributed by atoms with E-state index < -0.39 is 8.25 Å². The van der Waals surface area contributed by atoms with Gasteiger partial charge in [-0.15, -0.1) is 0 Å². The van der Waals surface area contributed by atoms with Crippen molar-refractivity contribution in [1.82, 2.24) is 0 Å². The number of hydrogen-bond acceptors (Lipinski definition) is 5. The Morgan fingerprint density at radius 1 is 0.625 bits per heavy atom. The molecule has 5 nitrogen and oxygen atoms in total. The van der Waals surface area contributed by atoms with Gasteiger partial charge in [-0.3, -0.25) is 4.57 Å². The first-order valence-electron chi connectivity index (χ1n) is 7.87. The summed E-state index contributed by atoms with van der Waals surface area (Å²) in [6, 6.07) is 19.7. The molecule has 0 heterocycles. The molecule has 0 N–H and O–H groups in total. The normalized spacial score (nSPS) is 11.0. The molecule has 0 atom stereocenters. The van der Waals surface area contributed by atoms with Crippen LogP contribution in [0, 0.1) is 0 Å². The number of benzene rings is 2. The van der Waals surface area contributed by atoms with E-state index in [9.17, 15) is 4.57 Å². The largest absolute Gasteiger partial charge is 0.374 e. The summed E-state index contributed by atoms with van der Waals surface area (Å²) in [6.07, 6.45) is 0. The Balaban J connectivity index is 1.42. The molecule has 0 fully saturated rings. The van der Waals surface area contributed by atoms with E-state index in [2.05, 4.69) is 0 Å². The first kappa shape index (κ1) is 18.8. The van der Waals surface area contributed by atoms with E-state index >= 15 is 0 Å². The smallest absolute Gasteiger partial charge is 0.319 e. The van der Waals surface area contributed by atoms with Gasteiger partial charge in [0.15, 0.2) is 0 Å². The molecule has 130 valence electrons. The second-order valence-electron chi connectivity index (χ2n) is 5.02. The molecule has 0 spiro atoms. The molecule has 6 heteroatoms. The van der Waals surface area contributed by atoms with Crippen LogP contribution >= 0.6 is 8.25 Å². The predicted octanol–water partition coefficient (Wildman–Crippen LogP) is 3.84. The minimum absolute atomic E-state index is 0.246. The van der Waals surface area contributed by atoms with Gasteiger partial charge in [0.05, 0.1) is 39.6 Å². The predicted molar refractivity (Wildman–Crippen MR) is 93.1 cm³/mol. The van der Waals surface area contributed by atoms with E-state index in [4.69, 9.17) is 18.5 Å². The van der Waals surface area contributed by atoms with Crippen LogP contribution in [0.5, 0.6) is 0 Å². The van der Waals surface area contributed by atoms with Crippen molar-refractivity contribution < 1.29 is 23.1 Å². The van der Waals surface area contributed by atoms with Gasteiger partial charge in [0.1, 0.15) is 0 Å². The third-order valence-electron chi connectivity index (χ3n) is 3.12.